The maximum Gasteiger partial charge on any atom is 0.352 e. The van der Waals surface area contributed by atoms with Crippen LogP contribution in [0, 0.1) is 11.3 Å². The number of methoxy groups -OCH3 is 1. The first-order valence-corrected chi connectivity index (χ1v) is 6.93. The monoisotopic (exact) mass is 293 g/mol. The quantitative estimate of drug-likeness (QED) is 0.781. The number of hydrogen-bond donors (Lipinski definition) is 0. The molecule has 0 fully saturated rings. The molecule has 1 heterocycles. The van der Waals surface area contributed by atoms with E-state index >= 15 is 0 Å². The average molecular weight is 293 g/mol. The Balaban J connectivity index is 2.79. The Morgan fingerprint density at radius 3 is 2.48 bits per heavy atom. The number of rotatable bonds is 5. The Labute approximate surface area is 125 Å². The lowest BCUT2D eigenvalue weighted by atomic mass is 9.80. The lowest BCUT2D eigenvalue weighted by Crippen LogP contribution is -2.25. The summed E-state index contributed by atoms with van der Waals surface area (Å²) in [7, 11) is 1.26. The van der Waals surface area contributed by atoms with Crippen molar-refractivity contribution in [2.75, 3.05) is 7.11 Å². The first kappa shape index (κ1) is 17.1. The summed E-state index contributed by atoms with van der Waals surface area (Å²) >= 11 is 0. The molecular formula is C16H23NO4. The molecule has 0 aliphatic heterocycles. The Kier molecular flexibility index (Phi) is 5.88. The van der Waals surface area contributed by atoms with Gasteiger partial charge in [-0.3, -0.25) is 9.78 Å². The van der Waals surface area contributed by atoms with Gasteiger partial charge in [0.1, 0.15) is 0 Å². The third-order valence-corrected chi connectivity index (χ3v) is 3.60. The standard InChI is InChI=1S/C16H23NO4/c1-11(16(2,3)4)9-13(18)21-14(15(19)20-5)12-7-6-8-17-10-12/h6-8,10-11,14H,9H2,1-5H3/t11-,14+/m1/s1. The Bertz CT molecular complexity index is 479. The molecule has 0 amide bonds. The lowest BCUT2D eigenvalue weighted by Gasteiger charge is -2.27. The van der Waals surface area contributed by atoms with Gasteiger partial charge in [-0.15, -0.1) is 0 Å². The summed E-state index contributed by atoms with van der Waals surface area (Å²) in [6, 6.07) is 3.35. The third kappa shape index (κ3) is 5.17. The minimum absolute atomic E-state index is 0.00587. The Morgan fingerprint density at radius 1 is 1.33 bits per heavy atom. The van der Waals surface area contributed by atoms with Crippen LogP contribution in [0.5, 0.6) is 0 Å². The van der Waals surface area contributed by atoms with Crippen LogP contribution in [-0.2, 0) is 19.1 Å². The molecule has 0 aliphatic carbocycles. The van der Waals surface area contributed by atoms with E-state index in [9.17, 15) is 9.59 Å². The minimum atomic E-state index is -1.07. The van der Waals surface area contributed by atoms with E-state index in [1.807, 2.05) is 6.92 Å². The Hall–Kier alpha value is -1.91. The SMILES string of the molecule is COC(=O)[C@@H](OC(=O)C[C@@H](C)C(C)(C)C)c1cccnc1. The smallest absolute Gasteiger partial charge is 0.352 e. The van der Waals surface area contributed by atoms with E-state index in [-0.39, 0.29) is 17.8 Å². The summed E-state index contributed by atoms with van der Waals surface area (Å²) in [5.41, 5.74) is 0.495. The van der Waals surface area contributed by atoms with Crippen LogP contribution in [0.15, 0.2) is 24.5 Å². The molecule has 0 N–H and O–H groups in total. The van der Waals surface area contributed by atoms with Crippen molar-refractivity contribution in [3.63, 3.8) is 0 Å². The fourth-order valence-corrected chi connectivity index (χ4v) is 1.63. The molecular weight excluding hydrogens is 270 g/mol. The second kappa shape index (κ2) is 7.20. The fraction of sp³-hybridized carbons (Fsp3) is 0.562. The van der Waals surface area contributed by atoms with E-state index in [1.54, 1.807) is 18.3 Å². The summed E-state index contributed by atoms with van der Waals surface area (Å²) in [5, 5.41) is 0. The van der Waals surface area contributed by atoms with Crippen molar-refractivity contribution in [1.82, 2.24) is 4.98 Å². The van der Waals surface area contributed by atoms with Crippen molar-refractivity contribution in [2.45, 2.75) is 40.2 Å². The van der Waals surface area contributed by atoms with Gasteiger partial charge in [-0.05, 0) is 17.4 Å². The molecule has 0 saturated carbocycles. The van der Waals surface area contributed by atoms with Crippen LogP contribution in [0.25, 0.3) is 0 Å². The number of aromatic nitrogens is 1. The van der Waals surface area contributed by atoms with Crippen LogP contribution in [0.4, 0.5) is 0 Å². The zero-order valence-electron chi connectivity index (χ0n) is 13.3. The number of carbonyl (C=O) groups is 2. The highest BCUT2D eigenvalue weighted by atomic mass is 16.6. The van der Waals surface area contributed by atoms with Crippen LogP contribution in [0.2, 0.25) is 0 Å². The van der Waals surface area contributed by atoms with Gasteiger partial charge in [0.15, 0.2) is 0 Å². The molecule has 2 atom stereocenters. The number of esters is 2. The lowest BCUT2D eigenvalue weighted by molar-refractivity contribution is -0.167. The fourth-order valence-electron chi connectivity index (χ4n) is 1.63. The van der Waals surface area contributed by atoms with E-state index in [0.717, 1.165) is 0 Å². The van der Waals surface area contributed by atoms with E-state index in [4.69, 9.17) is 9.47 Å². The summed E-state index contributed by atoms with van der Waals surface area (Å²) in [5.74, 6) is -0.895. The van der Waals surface area contributed by atoms with Crippen molar-refractivity contribution < 1.29 is 19.1 Å². The molecule has 0 spiro atoms. The summed E-state index contributed by atoms with van der Waals surface area (Å²) < 4.78 is 10.00. The molecule has 0 saturated heterocycles. The molecule has 1 aromatic heterocycles. The van der Waals surface area contributed by atoms with Crippen molar-refractivity contribution in [3.05, 3.63) is 30.1 Å². The van der Waals surface area contributed by atoms with Crippen LogP contribution in [-0.4, -0.2) is 24.0 Å². The topological polar surface area (TPSA) is 65.5 Å². The molecule has 0 bridgehead atoms. The van der Waals surface area contributed by atoms with Gasteiger partial charge in [0, 0.05) is 24.4 Å². The largest absolute Gasteiger partial charge is 0.466 e. The van der Waals surface area contributed by atoms with Gasteiger partial charge in [-0.25, -0.2) is 4.79 Å². The van der Waals surface area contributed by atoms with Gasteiger partial charge in [0.05, 0.1) is 7.11 Å². The van der Waals surface area contributed by atoms with Crippen molar-refractivity contribution in [1.29, 1.82) is 0 Å². The second-order valence-electron chi connectivity index (χ2n) is 6.15. The number of ether oxygens (including phenoxy) is 2. The minimum Gasteiger partial charge on any atom is -0.466 e. The maximum absolute atomic E-state index is 12.1. The highest BCUT2D eigenvalue weighted by molar-refractivity contribution is 5.80. The van der Waals surface area contributed by atoms with Crippen LogP contribution < -0.4 is 0 Å². The normalized spacial score (nSPS) is 14.1. The highest BCUT2D eigenvalue weighted by Gasteiger charge is 2.29. The summed E-state index contributed by atoms with van der Waals surface area (Å²) in [6.45, 7) is 8.16. The van der Waals surface area contributed by atoms with Crippen LogP contribution >= 0.6 is 0 Å². The summed E-state index contributed by atoms with van der Waals surface area (Å²) in [4.78, 5) is 27.8. The Morgan fingerprint density at radius 2 is 2.00 bits per heavy atom. The predicted octanol–water partition coefficient (Wildman–Crippen LogP) is 2.91. The molecule has 0 radical (unpaired) electrons. The molecule has 0 aliphatic rings. The van der Waals surface area contributed by atoms with E-state index in [2.05, 4.69) is 25.8 Å². The molecule has 1 aromatic rings. The van der Waals surface area contributed by atoms with Crippen molar-refractivity contribution in [3.8, 4) is 0 Å². The van der Waals surface area contributed by atoms with E-state index in [0.29, 0.717) is 5.56 Å². The summed E-state index contributed by atoms with van der Waals surface area (Å²) in [6.07, 6.45) is 2.25. The van der Waals surface area contributed by atoms with Crippen molar-refractivity contribution in [2.24, 2.45) is 11.3 Å². The average Bonchev–Trinajstić information content (AvgIpc) is 2.43. The van der Waals surface area contributed by atoms with Gasteiger partial charge < -0.3 is 9.47 Å². The number of carbonyl (C=O) groups excluding carboxylic acids is 2. The molecule has 0 unspecified atom stereocenters. The molecule has 21 heavy (non-hydrogen) atoms. The van der Waals surface area contributed by atoms with Crippen molar-refractivity contribution >= 4 is 11.9 Å². The van der Waals surface area contributed by atoms with E-state index in [1.165, 1.54) is 13.3 Å². The predicted molar refractivity (Wildman–Crippen MR) is 78.3 cm³/mol. The zero-order valence-corrected chi connectivity index (χ0v) is 13.3. The van der Waals surface area contributed by atoms with Gasteiger partial charge in [-0.2, -0.15) is 0 Å². The third-order valence-electron chi connectivity index (χ3n) is 3.60. The van der Waals surface area contributed by atoms with Gasteiger partial charge >= 0.3 is 11.9 Å². The van der Waals surface area contributed by atoms with Gasteiger partial charge in [0.25, 0.3) is 0 Å². The molecule has 1 rings (SSSR count). The molecule has 116 valence electrons. The maximum atomic E-state index is 12.1. The number of hydrogen-bond acceptors (Lipinski definition) is 5. The zero-order chi connectivity index (χ0) is 16.0. The molecule has 0 aromatic carbocycles. The molecule has 5 heteroatoms. The van der Waals surface area contributed by atoms with Crippen LogP contribution in [0.1, 0.15) is 45.8 Å². The second-order valence-corrected chi connectivity index (χ2v) is 6.15. The van der Waals surface area contributed by atoms with Crippen LogP contribution in [0.3, 0.4) is 0 Å². The highest BCUT2D eigenvalue weighted by Crippen LogP contribution is 2.29. The van der Waals surface area contributed by atoms with Gasteiger partial charge in [0.2, 0.25) is 6.10 Å². The van der Waals surface area contributed by atoms with E-state index < -0.39 is 18.0 Å². The van der Waals surface area contributed by atoms with Gasteiger partial charge in [-0.1, -0.05) is 33.8 Å². The number of pyridine rings is 1. The first-order valence-electron chi connectivity index (χ1n) is 6.93. The molecule has 5 nitrogen and oxygen atoms in total. The first-order chi connectivity index (χ1) is 9.75. The number of nitrogens with zero attached hydrogens (tertiary/aromatic N) is 1.